The van der Waals surface area contributed by atoms with Crippen LogP contribution in [-0.2, 0) is 33.5 Å². The summed E-state index contributed by atoms with van der Waals surface area (Å²) in [4.78, 5) is 92.1. The number of hydrogen-bond donors (Lipinski definition) is 5. The van der Waals surface area contributed by atoms with Gasteiger partial charge in [0.15, 0.2) is 0 Å². The van der Waals surface area contributed by atoms with E-state index in [1.807, 2.05) is 0 Å². The Morgan fingerprint density at radius 3 is 2.19 bits per heavy atom. The van der Waals surface area contributed by atoms with Crippen molar-refractivity contribution in [1.29, 1.82) is 0 Å². The Bertz CT molecular complexity index is 1320. The first-order chi connectivity index (χ1) is 22.7. The summed E-state index contributed by atoms with van der Waals surface area (Å²) in [6.45, 7) is 6.69. The van der Waals surface area contributed by atoms with Gasteiger partial charge in [-0.2, -0.15) is 0 Å². The van der Waals surface area contributed by atoms with Crippen molar-refractivity contribution in [3.8, 4) is 0 Å². The van der Waals surface area contributed by atoms with Gasteiger partial charge in [0.1, 0.15) is 23.7 Å². The minimum Gasteiger partial charge on any atom is -0.444 e. The molecule has 1 aliphatic heterocycles. The third-order valence-electron chi connectivity index (χ3n) is 8.46. The average Bonchev–Trinajstić information content (AvgIpc) is 3.54. The van der Waals surface area contributed by atoms with Crippen LogP contribution in [0.1, 0.15) is 97.1 Å². The van der Waals surface area contributed by atoms with Crippen LogP contribution in [0.4, 0.5) is 4.79 Å². The van der Waals surface area contributed by atoms with E-state index in [-0.39, 0.29) is 18.2 Å². The zero-order valence-electron chi connectivity index (χ0n) is 28.3. The average molecular weight is 671 g/mol. The molecule has 1 aromatic rings. The van der Waals surface area contributed by atoms with Crippen molar-refractivity contribution in [1.82, 2.24) is 26.2 Å². The summed E-state index contributed by atoms with van der Waals surface area (Å²) in [5.74, 6) is -4.64. The predicted molar refractivity (Wildman–Crippen MR) is 176 cm³/mol. The van der Waals surface area contributed by atoms with Crippen LogP contribution in [0.15, 0.2) is 30.3 Å². The number of nitrogens with two attached hydrogens (primary N) is 1. The number of alkyl carbamates (subject to hydrolysis) is 1. The maximum atomic E-state index is 14.0. The Kier molecular flexibility index (Phi) is 13.9. The minimum atomic E-state index is -1.19. The molecule has 1 heterocycles. The van der Waals surface area contributed by atoms with Gasteiger partial charge in [-0.25, -0.2) is 4.79 Å². The second kappa shape index (κ2) is 17.6. The molecule has 0 bridgehead atoms. The maximum absolute atomic E-state index is 14.0. The highest BCUT2D eigenvalue weighted by atomic mass is 16.6. The fourth-order valence-electron chi connectivity index (χ4n) is 6.17. The highest BCUT2D eigenvalue weighted by molar-refractivity contribution is 6.38. The van der Waals surface area contributed by atoms with Crippen LogP contribution in [0.3, 0.4) is 0 Å². The number of rotatable bonds is 14. The summed E-state index contributed by atoms with van der Waals surface area (Å²) in [5, 5.41) is 10.1. The van der Waals surface area contributed by atoms with Crippen molar-refractivity contribution in [2.75, 3.05) is 13.1 Å². The van der Waals surface area contributed by atoms with E-state index in [0.29, 0.717) is 31.4 Å². The number of Topliss-reactive ketones (excluding diaryl/α,β-unsaturated/α-hetero) is 1. The molecule has 14 nitrogen and oxygen atoms in total. The molecule has 1 unspecified atom stereocenters. The van der Waals surface area contributed by atoms with E-state index < -0.39 is 71.8 Å². The summed E-state index contributed by atoms with van der Waals surface area (Å²) in [7, 11) is 0. The molecule has 1 saturated heterocycles. The monoisotopic (exact) mass is 670 g/mol. The Morgan fingerprint density at radius 2 is 1.58 bits per heavy atom. The SMILES string of the molecule is CCCC(NC(=O)[C@@H]1CCCN1C(=O)[C@@H](NC(=O)OC(C)(C)C)C1CCCCC1)C(=O)C(=O)NCC(=O)N[C@H](C(N)=O)c1ccccc1. The van der Waals surface area contributed by atoms with Crippen molar-refractivity contribution in [3.63, 3.8) is 0 Å². The number of primary amides is 1. The largest absolute Gasteiger partial charge is 0.444 e. The molecule has 1 aliphatic carbocycles. The zero-order chi connectivity index (χ0) is 35.4. The summed E-state index contributed by atoms with van der Waals surface area (Å²) in [6.07, 6.45) is 5.21. The second-order valence-electron chi connectivity index (χ2n) is 13.4. The van der Waals surface area contributed by atoms with Gasteiger partial charge in [-0.3, -0.25) is 28.8 Å². The van der Waals surface area contributed by atoms with Crippen LogP contribution < -0.4 is 27.0 Å². The number of ether oxygens (including phenoxy) is 1. The lowest BCUT2D eigenvalue weighted by molar-refractivity contribution is -0.143. The van der Waals surface area contributed by atoms with Gasteiger partial charge < -0.3 is 36.6 Å². The third kappa shape index (κ3) is 11.1. The van der Waals surface area contributed by atoms with E-state index in [1.165, 1.54) is 4.90 Å². The van der Waals surface area contributed by atoms with Gasteiger partial charge in [0.2, 0.25) is 29.4 Å². The molecule has 0 radical (unpaired) electrons. The fraction of sp³-hybridized carbons (Fsp3) is 0.618. The highest BCUT2D eigenvalue weighted by Crippen LogP contribution is 2.29. The first kappa shape index (κ1) is 38.0. The number of carbonyl (C=O) groups excluding carboxylic acids is 7. The number of hydrogen-bond acceptors (Lipinski definition) is 8. The molecular formula is C34H50N6O8. The molecule has 4 atom stereocenters. The predicted octanol–water partition coefficient (Wildman–Crippen LogP) is 1.76. The second-order valence-corrected chi connectivity index (χ2v) is 13.4. The topological polar surface area (TPSA) is 206 Å². The molecule has 264 valence electrons. The van der Waals surface area contributed by atoms with E-state index in [0.717, 1.165) is 32.1 Å². The van der Waals surface area contributed by atoms with Crippen LogP contribution in [0.25, 0.3) is 0 Å². The van der Waals surface area contributed by atoms with Gasteiger partial charge in [0, 0.05) is 6.54 Å². The molecule has 1 saturated carbocycles. The van der Waals surface area contributed by atoms with E-state index in [4.69, 9.17) is 10.5 Å². The van der Waals surface area contributed by atoms with Crippen LogP contribution >= 0.6 is 0 Å². The first-order valence-corrected chi connectivity index (χ1v) is 16.8. The Balaban J connectivity index is 1.64. The molecular weight excluding hydrogens is 620 g/mol. The molecule has 6 N–H and O–H groups in total. The number of benzene rings is 1. The van der Waals surface area contributed by atoms with Gasteiger partial charge in [0.25, 0.3) is 5.91 Å². The van der Waals surface area contributed by atoms with E-state index in [2.05, 4.69) is 21.3 Å². The molecule has 1 aromatic carbocycles. The van der Waals surface area contributed by atoms with Crippen molar-refractivity contribution in [3.05, 3.63) is 35.9 Å². The highest BCUT2D eigenvalue weighted by Gasteiger charge is 2.42. The summed E-state index contributed by atoms with van der Waals surface area (Å²) in [5.41, 5.74) is 5.13. The third-order valence-corrected chi connectivity index (χ3v) is 8.46. The number of likely N-dealkylation sites (tertiary alicyclic amines) is 1. The molecule has 0 spiro atoms. The van der Waals surface area contributed by atoms with Gasteiger partial charge >= 0.3 is 6.09 Å². The van der Waals surface area contributed by atoms with Crippen LogP contribution in [-0.4, -0.2) is 83.1 Å². The number of amides is 6. The number of nitrogens with one attached hydrogen (secondary N) is 4. The molecule has 6 amide bonds. The van der Waals surface area contributed by atoms with Crippen molar-refractivity contribution in [2.24, 2.45) is 11.7 Å². The standard InChI is InChI=1S/C34H50N6O8/c1-5-13-23(28(42)31(45)36-20-25(41)38-26(29(35)43)21-14-8-6-9-15-21)37-30(44)24-18-12-19-40(24)32(46)27(22-16-10-7-11-17-22)39-33(47)48-34(2,3)4/h6,8-9,14-15,22-24,26-27H,5,7,10-13,16-20H2,1-4H3,(H2,35,43)(H,36,45)(H,37,44)(H,38,41)(H,39,47)/t23?,24-,26-,27-/m0/s1. The van der Waals surface area contributed by atoms with Gasteiger partial charge in [-0.1, -0.05) is 62.9 Å². The van der Waals surface area contributed by atoms with Crippen molar-refractivity contribution in [2.45, 2.75) is 115 Å². The van der Waals surface area contributed by atoms with E-state index >= 15 is 0 Å². The summed E-state index contributed by atoms with van der Waals surface area (Å²) in [6, 6.07) is 4.23. The maximum Gasteiger partial charge on any atom is 0.408 e. The lowest BCUT2D eigenvalue weighted by Gasteiger charge is -2.35. The Morgan fingerprint density at radius 1 is 0.917 bits per heavy atom. The quantitative estimate of drug-likeness (QED) is 0.184. The van der Waals surface area contributed by atoms with Gasteiger partial charge in [0.05, 0.1) is 12.6 Å². The van der Waals surface area contributed by atoms with Crippen LogP contribution in [0, 0.1) is 5.92 Å². The number of carbonyl (C=O) groups is 7. The minimum absolute atomic E-state index is 0.107. The molecule has 14 heteroatoms. The summed E-state index contributed by atoms with van der Waals surface area (Å²) >= 11 is 0. The van der Waals surface area contributed by atoms with Crippen molar-refractivity contribution < 1.29 is 38.3 Å². The van der Waals surface area contributed by atoms with Gasteiger partial charge in [-0.15, -0.1) is 0 Å². The Hall–Kier alpha value is -4.49. The number of nitrogens with zero attached hydrogens (tertiary/aromatic N) is 1. The zero-order valence-corrected chi connectivity index (χ0v) is 28.3. The first-order valence-electron chi connectivity index (χ1n) is 16.8. The van der Waals surface area contributed by atoms with Crippen molar-refractivity contribution >= 4 is 41.4 Å². The van der Waals surface area contributed by atoms with E-state index in [1.54, 1.807) is 58.0 Å². The Labute approximate surface area is 281 Å². The van der Waals surface area contributed by atoms with Crippen LogP contribution in [0.2, 0.25) is 0 Å². The van der Waals surface area contributed by atoms with E-state index in [9.17, 15) is 33.6 Å². The molecule has 3 rings (SSSR count). The normalized spacial score (nSPS) is 18.5. The van der Waals surface area contributed by atoms with Crippen LogP contribution in [0.5, 0.6) is 0 Å². The molecule has 2 fully saturated rings. The van der Waals surface area contributed by atoms with Gasteiger partial charge in [-0.05, 0) is 64.4 Å². The smallest absolute Gasteiger partial charge is 0.408 e. The molecule has 2 aliphatic rings. The number of ketones is 1. The lowest BCUT2D eigenvalue weighted by atomic mass is 9.83. The lowest BCUT2D eigenvalue weighted by Crippen LogP contribution is -2.58. The fourth-order valence-corrected chi connectivity index (χ4v) is 6.17. The molecule has 48 heavy (non-hydrogen) atoms. The molecule has 0 aromatic heterocycles. The summed E-state index contributed by atoms with van der Waals surface area (Å²) < 4.78 is 5.44.